The number of carbonyl (C=O) groups is 1. The van der Waals surface area contributed by atoms with Crippen molar-refractivity contribution >= 4 is 5.91 Å². The van der Waals surface area contributed by atoms with E-state index in [4.69, 9.17) is 0 Å². The largest absolute Gasteiger partial charge is 0.391 e. The summed E-state index contributed by atoms with van der Waals surface area (Å²) in [7, 11) is 0. The second-order valence-electron chi connectivity index (χ2n) is 5.38. The molecule has 3 heteroatoms. The van der Waals surface area contributed by atoms with Gasteiger partial charge in [0.25, 0.3) is 0 Å². The molecule has 1 aliphatic rings. The summed E-state index contributed by atoms with van der Waals surface area (Å²) in [6.45, 7) is 9.34. The third-order valence-electron chi connectivity index (χ3n) is 3.10. The summed E-state index contributed by atoms with van der Waals surface area (Å²) in [5.41, 5.74) is 0.162. The van der Waals surface area contributed by atoms with Crippen molar-refractivity contribution in [3.63, 3.8) is 0 Å². The zero-order chi connectivity index (χ0) is 10.9. The van der Waals surface area contributed by atoms with E-state index in [0.29, 0.717) is 12.5 Å². The Labute approximate surface area is 86.1 Å². The number of aliphatic hydroxyl groups is 1. The SMILES string of the molecule is CC(=O)N1C[C@H](O)C[C@H](C(C)(C)C)C1. The molecule has 1 amide bonds. The molecule has 0 spiro atoms. The zero-order valence-electron chi connectivity index (χ0n) is 9.58. The molecule has 82 valence electrons. The highest BCUT2D eigenvalue weighted by Gasteiger charge is 2.34. The molecule has 0 aliphatic carbocycles. The lowest BCUT2D eigenvalue weighted by Crippen LogP contribution is -2.48. The zero-order valence-corrected chi connectivity index (χ0v) is 9.58. The van der Waals surface area contributed by atoms with Crippen LogP contribution in [0.1, 0.15) is 34.1 Å². The fourth-order valence-corrected chi connectivity index (χ4v) is 1.96. The Balaban J connectivity index is 2.68. The maximum atomic E-state index is 11.2. The van der Waals surface area contributed by atoms with E-state index in [1.807, 2.05) is 0 Å². The van der Waals surface area contributed by atoms with Crippen LogP contribution in [0.5, 0.6) is 0 Å². The van der Waals surface area contributed by atoms with Gasteiger partial charge in [-0.3, -0.25) is 4.79 Å². The Morgan fingerprint density at radius 1 is 1.36 bits per heavy atom. The van der Waals surface area contributed by atoms with Crippen LogP contribution < -0.4 is 0 Å². The average Bonchev–Trinajstić information content (AvgIpc) is 2.01. The summed E-state index contributed by atoms with van der Waals surface area (Å²) >= 11 is 0. The third kappa shape index (κ3) is 2.71. The van der Waals surface area contributed by atoms with Crippen molar-refractivity contribution in [3.05, 3.63) is 0 Å². The molecule has 2 atom stereocenters. The predicted octanol–water partition coefficient (Wildman–Crippen LogP) is 1.26. The van der Waals surface area contributed by atoms with Crippen molar-refractivity contribution in [2.75, 3.05) is 13.1 Å². The van der Waals surface area contributed by atoms with Crippen LogP contribution in [0.4, 0.5) is 0 Å². The molecule has 1 fully saturated rings. The minimum Gasteiger partial charge on any atom is -0.391 e. The highest BCUT2D eigenvalue weighted by atomic mass is 16.3. The minimum atomic E-state index is -0.350. The first-order valence-corrected chi connectivity index (χ1v) is 5.24. The molecule has 3 nitrogen and oxygen atoms in total. The molecule has 1 rings (SSSR count). The van der Waals surface area contributed by atoms with Crippen molar-refractivity contribution < 1.29 is 9.90 Å². The average molecular weight is 199 g/mol. The van der Waals surface area contributed by atoms with Gasteiger partial charge in [0.1, 0.15) is 0 Å². The van der Waals surface area contributed by atoms with Gasteiger partial charge < -0.3 is 10.0 Å². The standard InChI is InChI=1S/C11H21NO2/c1-8(13)12-6-9(11(2,3)4)5-10(14)7-12/h9-10,14H,5-7H2,1-4H3/t9-,10+/m0/s1. The molecular formula is C11H21NO2. The Bertz CT molecular complexity index is 220. The highest BCUT2D eigenvalue weighted by molar-refractivity contribution is 5.73. The number of hydrogen-bond donors (Lipinski definition) is 1. The maximum Gasteiger partial charge on any atom is 0.219 e. The van der Waals surface area contributed by atoms with E-state index in [9.17, 15) is 9.90 Å². The molecule has 1 aliphatic heterocycles. The topological polar surface area (TPSA) is 40.5 Å². The van der Waals surface area contributed by atoms with Crippen LogP contribution >= 0.6 is 0 Å². The highest BCUT2D eigenvalue weighted by Crippen LogP contribution is 2.33. The molecule has 0 aromatic rings. The van der Waals surface area contributed by atoms with Gasteiger partial charge in [0.05, 0.1) is 6.10 Å². The van der Waals surface area contributed by atoms with E-state index in [1.165, 1.54) is 0 Å². The van der Waals surface area contributed by atoms with E-state index in [0.717, 1.165) is 13.0 Å². The summed E-state index contributed by atoms with van der Waals surface area (Å²) in [4.78, 5) is 13.0. The van der Waals surface area contributed by atoms with Gasteiger partial charge in [0.2, 0.25) is 5.91 Å². The second-order valence-corrected chi connectivity index (χ2v) is 5.38. The minimum absolute atomic E-state index is 0.0676. The lowest BCUT2D eigenvalue weighted by Gasteiger charge is -2.41. The molecule has 1 heterocycles. The van der Waals surface area contributed by atoms with Crippen LogP contribution in [0.25, 0.3) is 0 Å². The Morgan fingerprint density at radius 2 is 1.93 bits per heavy atom. The normalized spacial score (nSPS) is 29.1. The monoisotopic (exact) mass is 199 g/mol. The fourth-order valence-electron chi connectivity index (χ4n) is 1.96. The first kappa shape index (κ1) is 11.5. The molecular weight excluding hydrogens is 178 g/mol. The van der Waals surface area contributed by atoms with E-state index in [2.05, 4.69) is 20.8 Å². The Kier molecular flexibility index (Phi) is 3.20. The van der Waals surface area contributed by atoms with Crippen LogP contribution in [0.2, 0.25) is 0 Å². The third-order valence-corrected chi connectivity index (χ3v) is 3.10. The summed E-state index contributed by atoms with van der Waals surface area (Å²) in [6, 6.07) is 0. The number of aliphatic hydroxyl groups excluding tert-OH is 1. The summed E-state index contributed by atoms with van der Waals surface area (Å²) in [5.74, 6) is 0.466. The molecule has 0 bridgehead atoms. The molecule has 14 heavy (non-hydrogen) atoms. The number of hydrogen-bond acceptors (Lipinski definition) is 2. The first-order chi connectivity index (χ1) is 6.30. The van der Waals surface area contributed by atoms with Crippen LogP contribution in [0.15, 0.2) is 0 Å². The fraction of sp³-hybridized carbons (Fsp3) is 0.909. The predicted molar refractivity (Wildman–Crippen MR) is 55.8 cm³/mol. The summed E-state index contributed by atoms with van der Waals surface area (Å²) in [6.07, 6.45) is 0.463. The van der Waals surface area contributed by atoms with Gasteiger partial charge in [0, 0.05) is 20.0 Å². The summed E-state index contributed by atoms with van der Waals surface area (Å²) in [5, 5.41) is 9.67. The smallest absolute Gasteiger partial charge is 0.219 e. The van der Waals surface area contributed by atoms with Gasteiger partial charge in [-0.2, -0.15) is 0 Å². The Hall–Kier alpha value is -0.570. The van der Waals surface area contributed by atoms with Crippen molar-refractivity contribution in [1.82, 2.24) is 4.90 Å². The van der Waals surface area contributed by atoms with E-state index >= 15 is 0 Å². The van der Waals surface area contributed by atoms with Crippen LogP contribution in [0, 0.1) is 11.3 Å². The molecule has 1 N–H and O–H groups in total. The van der Waals surface area contributed by atoms with Gasteiger partial charge in [-0.1, -0.05) is 20.8 Å². The van der Waals surface area contributed by atoms with Gasteiger partial charge in [-0.05, 0) is 17.8 Å². The number of amides is 1. The van der Waals surface area contributed by atoms with Crippen molar-refractivity contribution in [3.8, 4) is 0 Å². The lowest BCUT2D eigenvalue weighted by molar-refractivity contribution is -0.134. The first-order valence-electron chi connectivity index (χ1n) is 5.24. The molecule has 1 saturated heterocycles. The lowest BCUT2D eigenvalue weighted by atomic mass is 9.75. The van der Waals surface area contributed by atoms with Crippen molar-refractivity contribution in [1.29, 1.82) is 0 Å². The number of β-amino-alcohol motifs (C(OH)–C–C–N with tert-alkyl or cyclic N) is 1. The van der Waals surface area contributed by atoms with Crippen molar-refractivity contribution in [2.45, 2.75) is 40.2 Å². The van der Waals surface area contributed by atoms with E-state index in [1.54, 1.807) is 11.8 Å². The molecule has 0 radical (unpaired) electrons. The number of nitrogens with zero attached hydrogens (tertiary/aromatic N) is 1. The Morgan fingerprint density at radius 3 is 2.36 bits per heavy atom. The number of rotatable bonds is 0. The second kappa shape index (κ2) is 3.89. The molecule has 0 saturated carbocycles. The van der Waals surface area contributed by atoms with Gasteiger partial charge in [-0.25, -0.2) is 0 Å². The number of carbonyl (C=O) groups excluding carboxylic acids is 1. The molecule has 0 unspecified atom stereocenters. The number of piperidine rings is 1. The molecule has 0 aromatic heterocycles. The van der Waals surface area contributed by atoms with Crippen LogP contribution in [-0.4, -0.2) is 35.1 Å². The van der Waals surface area contributed by atoms with E-state index in [-0.39, 0.29) is 17.4 Å². The number of likely N-dealkylation sites (tertiary alicyclic amines) is 1. The maximum absolute atomic E-state index is 11.2. The van der Waals surface area contributed by atoms with Crippen LogP contribution in [0.3, 0.4) is 0 Å². The van der Waals surface area contributed by atoms with Gasteiger partial charge in [-0.15, -0.1) is 0 Å². The summed E-state index contributed by atoms with van der Waals surface area (Å²) < 4.78 is 0. The quantitative estimate of drug-likeness (QED) is 0.638. The van der Waals surface area contributed by atoms with Gasteiger partial charge in [0.15, 0.2) is 0 Å². The van der Waals surface area contributed by atoms with Gasteiger partial charge >= 0.3 is 0 Å². The molecule has 0 aromatic carbocycles. The van der Waals surface area contributed by atoms with Crippen molar-refractivity contribution in [2.24, 2.45) is 11.3 Å². The van der Waals surface area contributed by atoms with E-state index < -0.39 is 0 Å². The van der Waals surface area contributed by atoms with Crippen LogP contribution in [-0.2, 0) is 4.79 Å².